The number of para-hydroxylation sites is 3. The first-order valence-corrected chi connectivity index (χ1v) is 13.5. The normalized spacial score (nSPS) is 15.8. The lowest BCUT2D eigenvalue weighted by molar-refractivity contribution is 0.403. The molecule has 6 heteroatoms. The molecule has 186 valence electrons. The zero-order valence-corrected chi connectivity index (χ0v) is 21.6. The summed E-state index contributed by atoms with van der Waals surface area (Å²) >= 11 is 1.77. The molecular formula is C30H32N2O3S. The van der Waals surface area contributed by atoms with Gasteiger partial charge in [-0.05, 0) is 49.8 Å². The van der Waals surface area contributed by atoms with Gasteiger partial charge in [0.15, 0.2) is 11.0 Å². The van der Waals surface area contributed by atoms with Crippen LogP contribution in [0.5, 0.6) is 5.75 Å². The molecule has 1 atom stereocenters. The summed E-state index contributed by atoms with van der Waals surface area (Å²) in [7, 11) is 1.73. The van der Waals surface area contributed by atoms with E-state index in [1.807, 2.05) is 61.5 Å². The first-order valence-electron chi connectivity index (χ1n) is 12.5. The highest BCUT2D eigenvalue weighted by Crippen LogP contribution is 2.33. The van der Waals surface area contributed by atoms with Crippen molar-refractivity contribution in [3.63, 3.8) is 0 Å². The maximum atomic E-state index is 13.1. The van der Waals surface area contributed by atoms with Crippen molar-refractivity contribution in [2.75, 3.05) is 37.4 Å². The topological polar surface area (TPSA) is 54.7 Å². The highest BCUT2D eigenvalue weighted by Gasteiger charge is 2.21. The third-order valence-electron chi connectivity index (χ3n) is 6.78. The van der Waals surface area contributed by atoms with Crippen molar-refractivity contribution in [3.8, 4) is 17.1 Å². The number of thioether (sulfide) groups is 1. The van der Waals surface area contributed by atoms with E-state index in [4.69, 9.17) is 9.15 Å². The molecule has 0 saturated carbocycles. The Morgan fingerprint density at radius 3 is 2.69 bits per heavy atom. The zero-order chi connectivity index (χ0) is 24.9. The van der Waals surface area contributed by atoms with Crippen LogP contribution in [0.25, 0.3) is 22.3 Å². The van der Waals surface area contributed by atoms with E-state index >= 15 is 0 Å². The van der Waals surface area contributed by atoms with E-state index in [-0.39, 0.29) is 5.43 Å². The van der Waals surface area contributed by atoms with Gasteiger partial charge in [0.2, 0.25) is 0 Å². The summed E-state index contributed by atoms with van der Waals surface area (Å²) in [6, 6.07) is 24.4. The molecule has 1 aromatic heterocycles. The van der Waals surface area contributed by atoms with Gasteiger partial charge >= 0.3 is 0 Å². The second-order valence-corrected chi connectivity index (χ2v) is 10.3. The Balaban J connectivity index is 1.26. The van der Waals surface area contributed by atoms with Crippen LogP contribution in [-0.2, 0) is 0 Å². The van der Waals surface area contributed by atoms with Gasteiger partial charge in [0.1, 0.15) is 11.5 Å². The van der Waals surface area contributed by atoms with E-state index < -0.39 is 0 Å². The van der Waals surface area contributed by atoms with Crippen LogP contribution >= 0.6 is 11.8 Å². The number of nitrogens with one attached hydrogen (secondary N) is 1. The van der Waals surface area contributed by atoms with Crippen LogP contribution in [0.3, 0.4) is 0 Å². The number of hydrogen-bond donors (Lipinski definition) is 1. The van der Waals surface area contributed by atoms with Crippen molar-refractivity contribution >= 4 is 28.4 Å². The van der Waals surface area contributed by atoms with Gasteiger partial charge in [0.25, 0.3) is 0 Å². The van der Waals surface area contributed by atoms with Crippen LogP contribution in [0.1, 0.15) is 18.4 Å². The molecule has 3 aromatic carbocycles. The summed E-state index contributed by atoms with van der Waals surface area (Å²) in [5.41, 5.74) is 3.47. The maximum Gasteiger partial charge on any atom is 0.196 e. The second-order valence-electron chi connectivity index (χ2n) is 9.14. The van der Waals surface area contributed by atoms with Crippen molar-refractivity contribution in [1.29, 1.82) is 0 Å². The van der Waals surface area contributed by atoms with Gasteiger partial charge in [0.05, 0.1) is 23.1 Å². The zero-order valence-electron chi connectivity index (χ0n) is 20.8. The van der Waals surface area contributed by atoms with Crippen molar-refractivity contribution in [2.45, 2.75) is 30.7 Å². The highest BCUT2D eigenvalue weighted by molar-refractivity contribution is 7.99. The minimum Gasteiger partial charge on any atom is -0.495 e. The number of methoxy groups -OCH3 is 1. The monoisotopic (exact) mass is 500 g/mol. The lowest BCUT2D eigenvalue weighted by Gasteiger charge is -2.36. The van der Waals surface area contributed by atoms with Gasteiger partial charge in [0, 0.05) is 36.8 Å². The van der Waals surface area contributed by atoms with E-state index in [0.717, 1.165) is 60.1 Å². The van der Waals surface area contributed by atoms with Gasteiger partial charge in [-0.3, -0.25) is 4.79 Å². The summed E-state index contributed by atoms with van der Waals surface area (Å²) in [4.78, 5) is 16.6. The van der Waals surface area contributed by atoms with Crippen molar-refractivity contribution in [3.05, 3.63) is 88.6 Å². The number of benzene rings is 3. The number of ether oxygens (including phenoxy) is 1. The maximum absolute atomic E-state index is 13.1. The standard InChI is InChI=1S/C30H32N2O3S/c1-21-28(33)24-13-8-16-27(30(24)35-29(21)22-10-4-3-5-11-22)36-19-9-12-23-20-32(18-17-31-23)25-14-6-7-15-26(25)34-2/h3-8,10-11,13-16,23,31H,9,12,17-20H2,1-2H3. The molecule has 0 bridgehead atoms. The van der Waals surface area contributed by atoms with Crippen LogP contribution in [-0.4, -0.2) is 38.5 Å². The predicted octanol–water partition coefficient (Wildman–Crippen LogP) is 6.13. The SMILES string of the molecule is COc1ccccc1N1CCNC(CCCSc2cccc3c(=O)c(C)c(-c4ccccc4)oc23)C1. The molecule has 5 rings (SSSR count). The molecule has 1 fully saturated rings. The number of piperazine rings is 1. The molecule has 1 aliphatic rings. The van der Waals surface area contributed by atoms with Crippen molar-refractivity contribution in [2.24, 2.45) is 0 Å². The third kappa shape index (κ3) is 5.15. The number of fused-ring (bicyclic) bond motifs is 1. The summed E-state index contributed by atoms with van der Waals surface area (Å²) < 4.78 is 11.9. The molecule has 2 heterocycles. The summed E-state index contributed by atoms with van der Waals surface area (Å²) in [6.45, 7) is 4.75. The van der Waals surface area contributed by atoms with Crippen LogP contribution in [0.15, 0.2) is 86.9 Å². The van der Waals surface area contributed by atoms with Crippen LogP contribution in [0, 0.1) is 6.92 Å². The fraction of sp³-hybridized carbons (Fsp3) is 0.300. The predicted molar refractivity (Wildman–Crippen MR) is 150 cm³/mol. The first kappa shape index (κ1) is 24.5. The summed E-state index contributed by atoms with van der Waals surface area (Å²) in [5.74, 6) is 2.55. The molecule has 0 spiro atoms. The average Bonchev–Trinajstić information content (AvgIpc) is 2.93. The number of nitrogens with zero attached hydrogens (tertiary/aromatic N) is 1. The fourth-order valence-corrected chi connectivity index (χ4v) is 5.89. The van der Waals surface area contributed by atoms with E-state index in [1.54, 1.807) is 18.9 Å². The first-order chi connectivity index (χ1) is 17.7. The summed E-state index contributed by atoms with van der Waals surface area (Å²) in [5, 5.41) is 4.32. The van der Waals surface area contributed by atoms with Crippen LogP contribution in [0.4, 0.5) is 5.69 Å². The molecule has 4 aromatic rings. The minimum absolute atomic E-state index is 0.0420. The largest absolute Gasteiger partial charge is 0.495 e. The number of anilines is 1. The Bertz CT molecular complexity index is 1390. The fourth-order valence-electron chi connectivity index (χ4n) is 4.90. The Morgan fingerprint density at radius 1 is 1.06 bits per heavy atom. The van der Waals surface area contributed by atoms with Gasteiger partial charge < -0.3 is 19.4 Å². The Kier molecular flexibility index (Phi) is 7.63. The molecule has 0 aliphatic carbocycles. The molecular weight excluding hydrogens is 468 g/mol. The van der Waals surface area contributed by atoms with Gasteiger partial charge in [-0.2, -0.15) is 0 Å². The number of hydrogen-bond acceptors (Lipinski definition) is 6. The van der Waals surface area contributed by atoms with E-state index in [2.05, 4.69) is 28.4 Å². The highest BCUT2D eigenvalue weighted by atomic mass is 32.2. The van der Waals surface area contributed by atoms with Crippen molar-refractivity contribution < 1.29 is 9.15 Å². The summed E-state index contributed by atoms with van der Waals surface area (Å²) in [6.07, 6.45) is 2.15. The second kappa shape index (κ2) is 11.2. The smallest absolute Gasteiger partial charge is 0.196 e. The van der Waals surface area contributed by atoms with Gasteiger partial charge in [-0.25, -0.2) is 0 Å². The molecule has 1 saturated heterocycles. The van der Waals surface area contributed by atoms with Crippen LogP contribution in [0.2, 0.25) is 0 Å². The average molecular weight is 501 g/mol. The number of rotatable bonds is 8. The van der Waals surface area contributed by atoms with Gasteiger partial charge in [-0.15, -0.1) is 11.8 Å². The quantitative estimate of drug-likeness (QED) is 0.232. The molecule has 5 nitrogen and oxygen atoms in total. The molecule has 1 unspecified atom stereocenters. The van der Waals surface area contributed by atoms with E-state index in [0.29, 0.717) is 28.3 Å². The Hall–Kier alpha value is -3.22. The molecule has 1 N–H and O–H groups in total. The third-order valence-corrected chi connectivity index (χ3v) is 7.91. The van der Waals surface area contributed by atoms with Gasteiger partial charge in [-0.1, -0.05) is 48.5 Å². The van der Waals surface area contributed by atoms with Crippen molar-refractivity contribution in [1.82, 2.24) is 5.32 Å². The molecule has 1 aliphatic heterocycles. The molecule has 36 heavy (non-hydrogen) atoms. The molecule has 0 radical (unpaired) electrons. The van der Waals surface area contributed by atoms with Crippen LogP contribution < -0.4 is 20.4 Å². The lowest BCUT2D eigenvalue weighted by Crippen LogP contribution is -2.50. The van der Waals surface area contributed by atoms with E-state index in [9.17, 15) is 4.79 Å². The Morgan fingerprint density at radius 2 is 1.86 bits per heavy atom. The minimum atomic E-state index is 0.0420. The molecule has 0 amide bonds. The van der Waals surface area contributed by atoms with E-state index in [1.165, 1.54) is 0 Å². The lowest BCUT2D eigenvalue weighted by atomic mass is 10.1. The Labute approximate surface area is 216 Å².